The van der Waals surface area contributed by atoms with Crippen molar-refractivity contribution in [3.8, 4) is 5.75 Å². The Morgan fingerprint density at radius 1 is 1.12 bits per heavy atom. The first-order valence-electron chi connectivity index (χ1n) is 5.88. The van der Waals surface area contributed by atoms with E-state index < -0.39 is 0 Å². The lowest BCUT2D eigenvalue weighted by Crippen LogP contribution is -2.34. The molecule has 88 valence electrons. The number of ether oxygens (including phenoxy) is 1. The molecule has 17 heavy (non-hydrogen) atoms. The van der Waals surface area contributed by atoms with Gasteiger partial charge in [-0.15, -0.1) is 0 Å². The van der Waals surface area contributed by atoms with Gasteiger partial charge >= 0.3 is 0 Å². The summed E-state index contributed by atoms with van der Waals surface area (Å²) in [5.74, 6) is 0.334. The number of morpholine rings is 1. The minimum atomic E-state index is 0.217. The molecule has 1 atom stereocenters. The van der Waals surface area contributed by atoms with Crippen LogP contribution in [0.15, 0.2) is 36.4 Å². The molecule has 0 radical (unpaired) electrons. The van der Waals surface area contributed by atoms with E-state index >= 15 is 0 Å². The number of rotatable bonds is 1. The molecule has 3 nitrogen and oxygen atoms in total. The molecule has 3 heteroatoms. The van der Waals surface area contributed by atoms with E-state index in [9.17, 15) is 5.11 Å². The second kappa shape index (κ2) is 4.35. The zero-order valence-corrected chi connectivity index (χ0v) is 9.52. The Kier molecular flexibility index (Phi) is 2.71. The summed E-state index contributed by atoms with van der Waals surface area (Å²) in [5.41, 5.74) is 1.19. The van der Waals surface area contributed by atoms with Gasteiger partial charge in [-0.25, -0.2) is 0 Å². The Morgan fingerprint density at radius 3 is 2.71 bits per heavy atom. The average molecular weight is 229 g/mol. The molecule has 2 aromatic rings. The molecule has 0 spiro atoms. The van der Waals surface area contributed by atoms with Crippen molar-refractivity contribution in [2.45, 2.75) is 6.04 Å². The molecule has 2 aromatic carbocycles. The lowest BCUT2D eigenvalue weighted by molar-refractivity contribution is 0.0773. The highest BCUT2D eigenvalue weighted by molar-refractivity contribution is 5.91. The van der Waals surface area contributed by atoms with Crippen LogP contribution in [-0.4, -0.2) is 24.9 Å². The largest absolute Gasteiger partial charge is 0.507 e. The molecule has 0 aromatic heterocycles. The molecule has 1 saturated heterocycles. The van der Waals surface area contributed by atoms with Crippen LogP contribution in [0.3, 0.4) is 0 Å². The number of nitrogens with one attached hydrogen (secondary N) is 1. The topological polar surface area (TPSA) is 41.5 Å². The molecule has 3 rings (SSSR count). The van der Waals surface area contributed by atoms with Gasteiger partial charge in [0, 0.05) is 11.9 Å². The fourth-order valence-electron chi connectivity index (χ4n) is 2.38. The van der Waals surface area contributed by atoms with E-state index in [1.807, 2.05) is 30.3 Å². The van der Waals surface area contributed by atoms with E-state index in [4.69, 9.17) is 4.74 Å². The van der Waals surface area contributed by atoms with Gasteiger partial charge in [0.25, 0.3) is 0 Å². The zero-order chi connectivity index (χ0) is 11.7. The Labute approximate surface area is 100 Å². The van der Waals surface area contributed by atoms with Gasteiger partial charge in [0.2, 0.25) is 0 Å². The highest BCUT2D eigenvalue weighted by atomic mass is 16.5. The first-order valence-corrected chi connectivity index (χ1v) is 5.88. The SMILES string of the molecule is Oc1ccc([C@H]2COCCN2)c2ccccc12. The quantitative estimate of drug-likeness (QED) is 0.787. The van der Waals surface area contributed by atoms with Crippen LogP contribution in [0.5, 0.6) is 5.75 Å². The van der Waals surface area contributed by atoms with Crippen molar-refractivity contribution in [1.82, 2.24) is 5.32 Å². The van der Waals surface area contributed by atoms with Crippen LogP contribution >= 0.6 is 0 Å². The number of benzene rings is 2. The second-order valence-electron chi connectivity index (χ2n) is 4.30. The third-order valence-corrected chi connectivity index (χ3v) is 3.23. The second-order valence-corrected chi connectivity index (χ2v) is 4.30. The number of phenolic OH excluding ortho intramolecular Hbond substituents is 1. The Balaban J connectivity index is 2.12. The smallest absolute Gasteiger partial charge is 0.123 e. The normalized spacial score (nSPS) is 20.6. The molecule has 0 bridgehead atoms. The fourth-order valence-corrected chi connectivity index (χ4v) is 2.38. The first-order chi connectivity index (χ1) is 8.36. The van der Waals surface area contributed by atoms with Gasteiger partial charge in [0.05, 0.1) is 19.3 Å². The third kappa shape index (κ3) is 1.88. The van der Waals surface area contributed by atoms with E-state index in [0.717, 1.165) is 23.9 Å². The van der Waals surface area contributed by atoms with Crippen LogP contribution in [0.25, 0.3) is 10.8 Å². The van der Waals surface area contributed by atoms with Crippen LogP contribution < -0.4 is 5.32 Å². The molecule has 1 aliphatic heterocycles. The first kappa shape index (κ1) is 10.6. The van der Waals surface area contributed by atoms with Crippen LogP contribution in [0, 0.1) is 0 Å². The van der Waals surface area contributed by atoms with Gasteiger partial charge in [-0.2, -0.15) is 0 Å². The van der Waals surface area contributed by atoms with Crippen LogP contribution in [0.1, 0.15) is 11.6 Å². The summed E-state index contributed by atoms with van der Waals surface area (Å²) in [5, 5.41) is 15.3. The molecular weight excluding hydrogens is 214 g/mol. The minimum absolute atomic E-state index is 0.217. The number of phenols is 1. The summed E-state index contributed by atoms with van der Waals surface area (Å²) in [6.45, 7) is 2.33. The van der Waals surface area contributed by atoms with Crippen LogP contribution in [-0.2, 0) is 4.74 Å². The van der Waals surface area contributed by atoms with Crippen LogP contribution in [0.2, 0.25) is 0 Å². The van der Waals surface area contributed by atoms with Crippen molar-refractivity contribution in [3.63, 3.8) is 0 Å². The monoisotopic (exact) mass is 229 g/mol. The lowest BCUT2D eigenvalue weighted by Gasteiger charge is -2.25. The predicted octanol–water partition coefficient (Wildman–Crippen LogP) is 2.21. The van der Waals surface area contributed by atoms with Crippen molar-refractivity contribution in [1.29, 1.82) is 0 Å². The molecule has 0 saturated carbocycles. The van der Waals surface area contributed by atoms with Gasteiger partial charge in [0.15, 0.2) is 0 Å². The van der Waals surface area contributed by atoms with E-state index in [1.54, 1.807) is 6.07 Å². The summed E-state index contributed by atoms with van der Waals surface area (Å²) >= 11 is 0. The van der Waals surface area contributed by atoms with Crippen LogP contribution in [0.4, 0.5) is 0 Å². The molecule has 1 heterocycles. The maximum atomic E-state index is 9.84. The van der Waals surface area contributed by atoms with Gasteiger partial charge in [-0.05, 0) is 17.0 Å². The van der Waals surface area contributed by atoms with Gasteiger partial charge < -0.3 is 15.2 Å². The van der Waals surface area contributed by atoms with Gasteiger partial charge in [-0.1, -0.05) is 30.3 Å². The molecule has 1 aliphatic rings. The van der Waals surface area contributed by atoms with Gasteiger partial charge in [-0.3, -0.25) is 0 Å². The summed E-state index contributed by atoms with van der Waals surface area (Å²) in [4.78, 5) is 0. The molecule has 0 amide bonds. The fraction of sp³-hybridized carbons (Fsp3) is 0.286. The van der Waals surface area contributed by atoms with Crippen molar-refractivity contribution < 1.29 is 9.84 Å². The third-order valence-electron chi connectivity index (χ3n) is 3.23. The lowest BCUT2D eigenvalue weighted by atomic mass is 9.98. The van der Waals surface area contributed by atoms with Crippen molar-refractivity contribution in [2.24, 2.45) is 0 Å². The summed E-state index contributed by atoms with van der Waals surface area (Å²) in [6.07, 6.45) is 0. The van der Waals surface area contributed by atoms with Gasteiger partial charge in [0.1, 0.15) is 5.75 Å². The molecule has 0 aliphatic carbocycles. The van der Waals surface area contributed by atoms with E-state index in [-0.39, 0.29) is 6.04 Å². The number of fused-ring (bicyclic) bond motifs is 1. The number of hydrogen-bond donors (Lipinski definition) is 2. The standard InChI is InChI=1S/C14H15NO2/c16-14-6-5-11(13-9-17-8-7-15-13)10-3-1-2-4-12(10)14/h1-6,13,15-16H,7-9H2/t13-/m1/s1. The van der Waals surface area contributed by atoms with E-state index in [0.29, 0.717) is 12.4 Å². The Morgan fingerprint density at radius 2 is 1.94 bits per heavy atom. The van der Waals surface area contributed by atoms with Crippen molar-refractivity contribution in [3.05, 3.63) is 42.0 Å². The summed E-state index contributed by atoms with van der Waals surface area (Å²) < 4.78 is 5.49. The molecular formula is C14H15NO2. The Hall–Kier alpha value is -1.58. The average Bonchev–Trinajstić information content (AvgIpc) is 2.41. The maximum Gasteiger partial charge on any atom is 0.123 e. The van der Waals surface area contributed by atoms with Crippen molar-refractivity contribution >= 4 is 10.8 Å². The van der Waals surface area contributed by atoms with Crippen molar-refractivity contribution in [2.75, 3.05) is 19.8 Å². The highest BCUT2D eigenvalue weighted by Gasteiger charge is 2.18. The van der Waals surface area contributed by atoms with E-state index in [1.165, 1.54) is 5.56 Å². The predicted molar refractivity (Wildman–Crippen MR) is 67.2 cm³/mol. The Bertz CT molecular complexity index is 533. The molecule has 0 unspecified atom stereocenters. The summed E-state index contributed by atoms with van der Waals surface area (Å²) in [7, 11) is 0. The van der Waals surface area contributed by atoms with E-state index in [2.05, 4.69) is 5.32 Å². The maximum absolute atomic E-state index is 9.84. The number of hydrogen-bond acceptors (Lipinski definition) is 3. The summed E-state index contributed by atoms with van der Waals surface area (Å²) in [6, 6.07) is 11.9. The molecule has 2 N–H and O–H groups in total. The number of aromatic hydroxyl groups is 1. The highest BCUT2D eigenvalue weighted by Crippen LogP contribution is 2.31. The molecule has 1 fully saturated rings. The zero-order valence-electron chi connectivity index (χ0n) is 9.52. The minimum Gasteiger partial charge on any atom is -0.507 e.